The average Bonchev–Trinajstić information content (AvgIpc) is 1.28. The molecule has 1 aliphatic heterocycles. The van der Waals surface area contributed by atoms with Gasteiger partial charge >= 0.3 is 0 Å². The third-order valence-electron chi connectivity index (χ3n) is 17.9. The zero-order valence-corrected chi connectivity index (χ0v) is 58.6. The third kappa shape index (κ3) is 56.6. The number of allylic oxidation sites excluding steroid dienone is 15. The van der Waals surface area contributed by atoms with Gasteiger partial charge in [-0.25, -0.2) is 0 Å². The highest BCUT2D eigenvalue weighted by Crippen LogP contribution is 2.24. The molecule has 9 heteroatoms. The lowest BCUT2D eigenvalue weighted by Crippen LogP contribution is -2.60. The summed E-state index contributed by atoms with van der Waals surface area (Å²) in [5, 5.41) is 54.9. The van der Waals surface area contributed by atoms with Gasteiger partial charge in [-0.15, -0.1) is 0 Å². The molecule has 0 aromatic carbocycles. The van der Waals surface area contributed by atoms with E-state index in [1.54, 1.807) is 6.08 Å². The Kier molecular flexibility index (Phi) is 65.2. The molecule has 522 valence electrons. The Hall–Kier alpha value is -2.89. The lowest BCUT2D eigenvalue weighted by Gasteiger charge is -2.40. The van der Waals surface area contributed by atoms with Crippen LogP contribution in [0.1, 0.15) is 354 Å². The SMILES string of the molecule is CC/C=C\C/C=C\C/C=C\C/C=C\C/C=C\C/C=C\C/C=C\CCCCCCCCCCCCCCCC(=O)NC(COC1OC(CO)C(O)C(O)C1O)C(O)/C=C/CCCCCCCCCCCCCCCCCCCCCCCCCCCCCCCC. The van der Waals surface area contributed by atoms with E-state index >= 15 is 0 Å². The maximum atomic E-state index is 13.2. The van der Waals surface area contributed by atoms with Gasteiger partial charge in [-0.3, -0.25) is 4.79 Å². The summed E-state index contributed by atoms with van der Waals surface area (Å²) in [7, 11) is 0. The van der Waals surface area contributed by atoms with Crippen molar-refractivity contribution in [2.24, 2.45) is 0 Å². The fraction of sp³-hybridized carbons (Fsp3) is 0.790. The molecule has 7 unspecified atom stereocenters. The van der Waals surface area contributed by atoms with Crippen molar-refractivity contribution in [2.75, 3.05) is 13.2 Å². The molecule has 1 heterocycles. The predicted octanol–water partition coefficient (Wildman–Crippen LogP) is 21.8. The number of carbonyl (C=O) groups excluding carboxylic acids is 1. The minimum atomic E-state index is -1.57. The maximum absolute atomic E-state index is 13.2. The molecule has 9 nitrogen and oxygen atoms in total. The van der Waals surface area contributed by atoms with Crippen LogP contribution in [0.5, 0.6) is 0 Å². The molecule has 6 N–H and O–H groups in total. The second-order valence-electron chi connectivity index (χ2n) is 26.4. The van der Waals surface area contributed by atoms with Crippen LogP contribution in [-0.2, 0) is 14.3 Å². The molecule has 7 atom stereocenters. The van der Waals surface area contributed by atoms with Gasteiger partial charge in [-0.2, -0.15) is 0 Å². The number of carbonyl (C=O) groups is 1. The predicted molar refractivity (Wildman–Crippen MR) is 387 cm³/mol. The van der Waals surface area contributed by atoms with Crippen LogP contribution in [-0.4, -0.2) is 87.5 Å². The summed E-state index contributed by atoms with van der Waals surface area (Å²) >= 11 is 0. The number of aliphatic hydroxyl groups excluding tert-OH is 5. The van der Waals surface area contributed by atoms with Crippen molar-refractivity contribution in [1.82, 2.24) is 5.32 Å². The first-order valence-corrected chi connectivity index (χ1v) is 38.5. The van der Waals surface area contributed by atoms with E-state index in [0.29, 0.717) is 6.42 Å². The highest BCUT2D eigenvalue weighted by Gasteiger charge is 2.44. The normalized spacial score (nSPS) is 18.3. The molecule has 0 spiro atoms. The molecule has 0 saturated carbocycles. The first-order valence-electron chi connectivity index (χ1n) is 38.5. The van der Waals surface area contributed by atoms with Gasteiger partial charge in [0.25, 0.3) is 0 Å². The molecule has 0 aromatic heterocycles. The summed E-state index contributed by atoms with van der Waals surface area (Å²) in [6.45, 7) is 3.71. The number of hydrogen-bond donors (Lipinski definition) is 6. The molecule has 1 saturated heterocycles. The van der Waals surface area contributed by atoms with Gasteiger partial charge in [0.1, 0.15) is 24.4 Å². The molecule has 1 aliphatic rings. The molecule has 0 bridgehead atoms. The highest BCUT2D eigenvalue weighted by molar-refractivity contribution is 5.76. The number of hydrogen-bond acceptors (Lipinski definition) is 8. The molecule has 1 amide bonds. The zero-order chi connectivity index (χ0) is 64.9. The van der Waals surface area contributed by atoms with Crippen molar-refractivity contribution in [1.29, 1.82) is 0 Å². The molecule has 0 aliphatic carbocycles. The molecule has 0 aromatic rings. The van der Waals surface area contributed by atoms with Gasteiger partial charge in [0.05, 0.1) is 25.4 Å². The van der Waals surface area contributed by atoms with Gasteiger partial charge in [-0.05, 0) is 77.0 Å². The topological polar surface area (TPSA) is 149 Å². The van der Waals surface area contributed by atoms with E-state index in [-0.39, 0.29) is 12.5 Å². The van der Waals surface area contributed by atoms with Crippen LogP contribution in [0, 0.1) is 0 Å². The molecule has 90 heavy (non-hydrogen) atoms. The highest BCUT2D eigenvalue weighted by atomic mass is 16.7. The van der Waals surface area contributed by atoms with Crippen LogP contribution < -0.4 is 5.32 Å². The number of ether oxygens (including phenoxy) is 2. The van der Waals surface area contributed by atoms with Crippen LogP contribution in [0.4, 0.5) is 0 Å². The lowest BCUT2D eigenvalue weighted by atomic mass is 9.99. The number of rotatable bonds is 67. The monoisotopic (exact) mass is 1260 g/mol. The van der Waals surface area contributed by atoms with Gasteiger partial charge in [0.15, 0.2) is 6.29 Å². The van der Waals surface area contributed by atoms with Crippen molar-refractivity contribution >= 4 is 5.91 Å². The number of amides is 1. The Morgan fingerprint density at radius 3 is 1.02 bits per heavy atom. The van der Waals surface area contributed by atoms with Gasteiger partial charge in [0.2, 0.25) is 5.91 Å². The van der Waals surface area contributed by atoms with Gasteiger partial charge in [-0.1, -0.05) is 368 Å². The van der Waals surface area contributed by atoms with Crippen LogP contribution in [0.25, 0.3) is 0 Å². The molecule has 0 radical (unpaired) electrons. The number of aliphatic hydroxyl groups is 5. The van der Waals surface area contributed by atoms with Crippen molar-refractivity contribution in [2.45, 2.75) is 397 Å². The van der Waals surface area contributed by atoms with Gasteiger partial charge < -0.3 is 40.3 Å². The van der Waals surface area contributed by atoms with Gasteiger partial charge in [0, 0.05) is 6.42 Å². The third-order valence-corrected chi connectivity index (χ3v) is 17.9. The van der Waals surface area contributed by atoms with E-state index in [4.69, 9.17) is 9.47 Å². The van der Waals surface area contributed by atoms with Crippen LogP contribution >= 0.6 is 0 Å². The van der Waals surface area contributed by atoms with E-state index in [9.17, 15) is 30.3 Å². The Balaban J connectivity index is 2.11. The van der Waals surface area contributed by atoms with E-state index in [2.05, 4.69) is 104 Å². The quantitative estimate of drug-likeness (QED) is 0.0261. The van der Waals surface area contributed by atoms with Crippen molar-refractivity contribution in [3.05, 3.63) is 97.2 Å². The van der Waals surface area contributed by atoms with E-state index < -0.39 is 49.5 Å². The molecular weight excluding hydrogens is 1110 g/mol. The smallest absolute Gasteiger partial charge is 0.220 e. The Bertz CT molecular complexity index is 1750. The number of unbranched alkanes of at least 4 members (excludes halogenated alkanes) is 43. The molecule has 1 fully saturated rings. The standard InChI is InChI=1S/C81H145NO8/c1-3-5-7-9-11-13-15-17-19-21-23-25-27-29-31-33-35-37-38-39-41-43-45-47-49-51-53-55-57-59-61-63-65-67-69-71-77(85)82-74(73-89-81-80(88)79(87)78(86)76(72-83)90-81)75(84)70-68-66-64-62-60-58-56-54-52-50-48-46-44-42-40-36-34-32-30-28-26-24-22-20-18-16-14-12-10-8-6-4-2/h5,7,11,13,17,19,23,25,29,31,35,37,39,41,68,70,74-76,78-81,83-84,86-88H,3-4,6,8-10,12,14-16,18,20-22,24,26-28,30,32-34,36,38,40,42-67,69,71-73H2,1-2H3,(H,82,85)/b7-5-,13-11-,19-17-,25-23-,31-29-,37-35-,41-39-,70-68+. The Morgan fingerprint density at radius 2 is 0.689 bits per heavy atom. The minimum absolute atomic E-state index is 0.177. The van der Waals surface area contributed by atoms with Crippen LogP contribution in [0.15, 0.2) is 97.2 Å². The minimum Gasteiger partial charge on any atom is -0.394 e. The second-order valence-corrected chi connectivity index (χ2v) is 26.4. The van der Waals surface area contributed by atoms with E-state index in [1.165, 1.54) is 250 Å². The van der Waals surface area contributed by atoms with Crippen LogP contribution in [0.2, 0.25) is 0 Å². The zero-order valence-electron chi connectivity index (χ0n) is 58.6. The average molecular weight is 1260 g/mol. The summed E-state index contributed by atoms with van der Waals surface area (Å²) in [6, 6.07) is -0.813. The second kappa shape index (κ2) is 69.0. The maximum Gasteiger partial charge on any atom is 0.220 e. The Labute approximate surface area is 555 Å². The largest absolute Gasteiger partial charge is 0.394 e. The molecular formula is C81H145NO8. The summed E-state index contributed by atoms with van der Waals surface area (Å²) < 4.78 is 11.3. The summed E-state index contributed by atoms with van der Waals surface area (Å²) in [4.78, 5) is 13.2. The summed E-state index contributed by atoms with van der Waals surface area (Å²) in [5.74, 6) is -0.177. The van der Waals surface area contributed by atoms with E-state index in [0.717, 1.165) is 83.5 Å². The fourth-order valence-electron chi connectivity index (χ4n) is 12.0. The molecule has 1 rings (SSSR count). The summed E-state index contributed by atoms with van der Waals surface area (Å²) in [6.07, 6.45) is 93.9. The first kappa shape index (κ1) is 85.1. The summed E-state index contributed by atoms with van der Waals surface area (Å²) in [5.41, 5.74) is 0. The fourth-order valence-corrected chi connectivity index (χ4v) is 12.0. The van der Waals surface area contributed by atoms with E-state index in [1.807, 2.05) is 6.08 Å². The van der Waals surface area contributed by atoms with Crippen molar-refractivity contribution in [3.8, 4) is 0 Å². The first-order chi connectivity index (χ1) is 44.3. The Morgan fingerprint density at radius 1 is 0.389 bits per heavy atom. The van der Waals surface area contributed by atoms with Crippen molar-refractivity contribution < 1.29 is 39.8 Å². The lowest BCUT2D eigenvalue weighted by molar-refractivity contribution is -0.302. The number of nitrogens with one attached hydrogen (secondary N) is 1. The van der Waals surface area contributed by atoms with Crippen molar-refractivity contribution in [3.63, 3.8) is 0 Å². The van der Waals surface area contributed by atoms with Crippen LogP contribution in [0.3, 0.4) is 0 Å².